The SMILES string of the molecule is COc1cccc(C2CC(=O)Nc3c(C(=O)O)cn(-c4ccc(F)cc4)c32)c1. The first-order valence-corrected chi connectivity index (χ1v) is 8.66. The number of carboxylic acids is 1. The number of fused-ring (bicyclic) bond motifs is 1. The average molecular weight is 380 g/mol. The van der Waals surface area contributed by atoms with E-state index in [4.69, 9.17) is 4.74 Å². The molecule has 0 saturated heterocycles. The van der Waals surface area contributed by atoms with Gasteiger partial charge in [0.2, 0.25) is 5.91 Å². The van der Waals surface area contributed by atoms with Gasteiger partial charge in [-0.1, -0.05) is 12.1 Å². The van der Waals surface area contributed by atoms with Crippen molar-refractivity contribution in [3.05, 3.63) is 77.4 Å². The second kappa shape index (κ2) is 6.84. The van der Waals surface area contributed by atoms with Crippen LogP contribution in [0.3, 0.4) is 0 Å². The lowest BCUT2D eigenvalue weighted by atomic mass is 9.88. The molecule has 1 aliphatic heterocycles. The van der Waals surface area contributed by atoms with Crippen LogP contribution in [0.2, 0.25) is 0 Å². The Bertz CT molecular complexity index is 1070. The van der Waals surface area contributed by atoms with Crippen molar-refractivity contribution in [2.24, 2.45) is 0 Å². The van der Waals surface area contributed by atoms with Crippen molar-refractivity contribution in [2.45, 2.75) is 12.3 Å². The molecule has 4 rings (SSSR count). The fourth-order valence-corrected chi connectivity index (χ4v) is 3.58. The molecule has 28 heavy (non-hydrogen) atoms. The van der Waals surface area contributed by atoms with Crippen LogP contribution in [0.15, 0.2) is 54.7 Å². The van der Waals surface area contributed by atoms with E-state index in [2.05, 4.69) is 5.32 Å². The highest BCUT2D eigenvalue weighted by atomic mass is 19.1. The molecule has 1 unspecified atom stereocenters. The summed E-state index contributed by atoms with van der Waals surface area (Å²) in [6.45, 7) is 0. The number of nitrogens with one attached hydrogen (secondary N) is 1. The van der Waals surface area contributed by atoms with Crippen molar-refractivity contribution >= 4 is 17.6 Å². The molecule has 0 aliphatic carbocycles. The fourth-order valence-electron chi connectivity index (χ4n) is 3.58. The molecule has 3 aromatic rings. The predicted molar refractivity (Wildman–Crippen MR) is 101 cm³/mol. The minimum Gasteiger partial charge on any atom is -0.497 e. The summed E-state index contributed by atoms with van der Waals surface area (Å²) in [6, 6.07) is 13.1. The van der Waals surface area contributed by atoms with Crippen LogP contribution in [0.25, 0.3) is 5.69 Å². The van der Waals surface area contributed by atoms with Gasteiger partial charge in [-0.2, -0.15) is 0 Å². The van der Waals surface area contributed by atoms with E-state index >= 15 is 0 Å². The number of carbonyl (C=O) groups excluding carboxylic acids is 1. The molecule has 2 aromatic carbocycles. The fraction of sp³-hybridized carbons (Fsp3) is 0.143. The van der Waals surface area contributed by atoms with Gasteiger partial charge >= 0.3 is 5.97 Å². The number of benzene rings is 2. The molecule has 0 spiro atoms. The summed E-state index contributed by atoms with van der Waals surface area (Å²) in [5, 5.41) is 12.3. The topological polar surface area (TPSA) is 80.6 Å². The minimum atomic E-state index is -1.15. The van der Waals surface area contributed by atoms with Crippen LogP contribution in [-0.4, -0.2) is 28.7 Å². The van der Waals surface area contributed by atoms with E-state index < -0.39 is 5.97 Å². The van der Waals surface area contributed by atoms with Gasteiger partial charge in [-0.15, -0.1) is 0 Å². The molecule has 0 fully saturated rings. The monoisotopic (exact) mass is 380 g/mol. The number of ether oxygens (including phenoxy) is 1. The van der Waals surface area contributed by atoms with Crippen LogP contribution in [0.5, 0.6) is 5.75 Å². The van der Waals surface area contributed by atoms with Crippen LogP contribution in [0.4, 0.5) is 10.1 Å². The Labute approximate surface area is 160 Å². The zero-order valence-corrected chi connectivity index (χ0v) is 15.0. The number of halogens is 1. The van der Waals surface area contributed by atoms with Crippen molar-refractivity contribution in [1.29, 1.82) is 0 Å². The van der Waals surface area contributed by atoms with Crippen LogP contribution < -0.4 is 10.1 Å². The first kappa shape index (κ1) is 17.8. The van der Waals surface area contributed by atoms with Crippen molar-refractivity contribution in [3.63, 3.8) is 0 Å². The third-order valence-corrected chi connectivity index (χ3v) is 4.86. The lowest BCUT2D eigenvalue weighted by Crippen LogP contribution is -2.25. The normalized spacial score (nSPS) is 15.6. The molecular formula is C21H17FN2O4. The smallest absolute Gasteiger partial charge is 0.339 e. The number of carboxylic acid groups (broad SMARTS) is 1. The molecule has 1 amide bonds. The van der Waals surface area contributed by atoms with Gasteiger partial charge in [-0.3, -0.25) is 4.79 Å². The quantitative estimate of drug-likeness (QED) is 0.722. The summed E-state index contributed by atoms with van der Waals surface area (Å²) in [5.74, 6) is -1.54. The summed E-state index contributed by atoms with van der Waals surface area (Å²) >= 11 is 0. The molecular weight excluding hydrogens is 363 g/mol. The van der Waals surface area contributed by atoms with E-state index in [9.17, 15) is 19.1 Å². The Balaban J connectivity index is 1.95. The zero-order chi connectivity index (χ0) is 19.8. The molecule has 1 atom stereocenters. The maximum atomic E-state index is 13.4. The van der Waals surface area contributed by atoms with Gasteiger partial charge in [0.25, 0.3) is 0 Å². The molecule has 1 aliphatic rings. The standard InChI is InChI=1S/C21H17FN2O4/c1-28-15-4-2-3-12(9-15)16-10-18(25)23-19-17(21(26)27)11-24(20(16)19)14-7-5-13(22)6-8-14/h2-9,11,16H,10H2,1H3,(H,23,25)(H,26,27). The van der Waals surface area contributed by atoms with E-state index in [0.29, 0.717) is 17.1 Å². The molecule has 0 radical (unpaired) electrons. The van der Waals surface area contributed by atoms with Gasteiger partial charge in [-0.25, -0.2) is 9.18 Å². The van der Waals surface area contributed by atoms with E-state index in [1.165, 1.54) is 18.3 Å². The average Bonchev–Trinajstić information content (AvgIpc) is 3.07. The summed E-state index contributed by atoms with van der Waals surface area (Å²) < 4.78 is 20.4. The molecule has 6 nitrogen and oxygen atoms in total. The number of hydrogen-bond donors (Lipinski definition) is 2. The number of anilines is 1. The third-order valence-electron chi connectivity index (χ3n) is 4.86. The molecule has 2 N–H and O–H groups in total. The lowest BCUT2D eigenvalue weighted by molar-refractivity contribution is -0.116. The highest BCUT2D eigenvalue weighted by Gasteiger charge is 2.34. The van der Waals surface area contributed by atoms with E-state index in [0.717, 1.165) is 5.56 Å². The molecule has 0 saturated carbocycles. The van der Waals surface area contributed by atoms with Crippen molar-refractivity contribution in [1.82, 2.24) is 4.57 Å². The van der Waals surface area contributed by atoms with Crippen molar-refractivity contribution < 1.29 is 23.8 Å². The number of hydrogen-bond acceptors (Lipinski definition) is 3. The number of rotatable bonds is 4. The maximum absolute atomic E-state index is 13.4. The first-order chi connectivity index (χ1) is 13.5. The molecule has 142 valence electrons. The lowest BCUT2D eigenvalue weighted by Gasteiger charge is -2.26. The number of amides is 1. The van der Waals surface area contributed by atoms with Gasteiger partial charge in [-0.05, 0) is 42.0 Å². The maximum Gasteiger partial charge on any atom is 0.339 e. The molecule has 0 bridgehead atoms. The highest BCUT2D eigenvalue weighted by Crippen LogP contribution is 2.42. The van der Waals surface area contributed by atoms with Gasteiger partial charge in [0.1, 0.15) is 17.1 Å². The number of carbonyl (C=O) groups is 2. The van der Waals surface area contributed by atoms with Gasteiger partial charge < -0.3 is 19.7 Å². The Morgan fingerprint density at radius 2 is 2.00 bits per heavy atom. The highest BCUT2D eigenvalue weighted by molar-refractivity contribution is 6.04. The van der Waals surface area contributed by atoms with Crippen LogP contribution >= 0.6 is 0 Å². The first-order valence-electron chi connectivity index (χ1n) is 8.66. The number of methoxy groups -OCH3 is 1. The Morgan fingerprint density at radius 3 is 2.68 bits per heavy atom. The van der Waals surface area contributed by atoms with E-state index in [-0.39, 0.29) is 35.3 Å². The number of aromatic nitrogens is 1. The predicted octanol–water partition coefficient (Wildman–Crippen LogP) is 3.80. The number of aromatic carboxylic acids is 1. The van der Waals surface area contributed by atoms with E-state index in [1.807, 2.05) is 18.2 Å². The summed E-state index contributed by atoms with van der Waals surface area (Å²) in [5.41, 5.74) is 2.32. The second-order valence-corrected chi connectivity index (χ2v) is 6.54. The Hall–Kier alpha value is -3.61. The zero-order valence-electron chi connectivity index (χ0n) is 15.0. The Kier molecular flexibility index (Phi) is 4.35. The van der Waals surface area contributed by atoms with Gasteiger partial charge in [0, 0.05) is 24.2 Å². The molecule has 2 heterocycles. The largest absolute Gasteiger partial charge is 0.497 e. The van der Waals surface area contributed by atoms with E-state index in [1.54, 1.807) is 29.9 Å². The number of nitrogens with zero attached hydrogens (tertiary/aromatic N) is 1. The van der Waals surface area contributed by atoms with Crippen LogP contribution in [0.1, 0.15) is 34.0 Å². The van der Waals surface area contributed by atoms with Gasteiger partial charge in [0.05, 0.1) is 18.5 Å². The third kappa shape index (κ3) is 3.00. The van der Waals surface area contributed by atoms with Crippen molar-refractivity contribution in [2.75, 3.05) is 12.4 Å². The molecule has 7 heteroatoms. The minimum absolute atomic E-state index is 0.0136. The van der Waals surface area contributed by atoms with Crippen LogP contribution in [0, 0.1) is 5.82 Å². The van der Waals surface area contributed by atoms with Crippen molar-refractivity contribution in [3.8, 4) is 11.4 Å². The van der Waals surface area contributed by atoms with Crippen LogP contribution in [-0.2, 0) is 4.79 Å². The Morgan fingerprint density at radius 1 is 1.25 bits per heavy atom. The summed E-state index contributed by atoms with van der Waals surface area (Å²) in [6.07, 6.45) is 1.61. The molecule has 1 aromatic heterocycles. The second-order valence-electron chi connectivity index (χ2n) is 6.54. The summed E-state index contributed by atoms with van der Waals surface area (Å²) in [7, 11) is 1.56. The van der Waals surface area contributed by atoms with Gasteiger partial charge in [0.15, 0.2) is 0 Å². The summed E-state index contributed by atoms with van der Waals surface area (Å²) in [4.78, 5) is 24.1.